The van der Waals surface area contributed by atoms with Crippen LogP contribution in [0.5, 0.6) is 0 Å². The molecule has 0 radical (unpaired) electrons. The molecule has 2 rings (SSSR count). The van der Waals surface area contributed by atoms with Gasteiger partial charge in [0.2, 0.25) is 0 Å². The number of hydrogen-bond donors (Lipinski definition) is 1. The molecule has 0 aliphatic carbocycles. The van der Waals surface area contributed by atoms with Crippen LogP contribution >= 0.6 is 15.9 Å². The van der Waals surface area contributed by atoms with Crippen molar-refractivity contribution in [3.8, 4) is 0 Å². The lowest BCUT2D eigenvalue weighted by molar-refractivity contribution is 0.887. The first-order valence-electron chi connectivity index (χ1n) is 5.74. The summed E-state index contributed by atoms with van der Waals surface area (Å²) < 4.78 is 1.12. The molecule has 0 amide bonds. The Morgan fingerprint density at radius 2 is 2.06 bits per heavy atom. The van der Waals surface area contributed by atoms with Gasteiger partial charge in [-0.15, -0.1) is 0 Å². The number of pyridine rings is 1. The largest absolute Gasteiger partial charge is 0.397 e. The molecule has 0 unspecified atom stereocenters. The summed E-state index contributed by atoms with van der Waals surface area (Å²) >= 11 is 3.56. The van der Waals surface area contributed by atoms with Gasteiger partial charge in [-0.3, -0.25) is 0 Å². The van der Waals surface area contributed by atoms with Gasteiger partial charge in [0.1, 0.15) is 5.82 Å². The van der Waals surface area contributed by atoms with Gasteiger partial charge in [0.05, 0.1) is 11.9 Å². The van der Waals surface area contributed by atoms with Crippen LogP contribution in [0.3, 0.4) is 0 Å². The lowest BCUT2D eigenvalue weighted by Crippen LogP contribution is -2.19. The second-order valence-corrected chi connectivity index (χ2v) is 5.21. The topological polar surface area (TPSA) is 42.1 Å². The molecular weight excluding hydrogens is 290 g/mol. The summed E-state index contributed by atoms with van der Waals surface area (Å²) in [5, 5.41) is 0. The fraction of sp³-hybridized carbons (Fsp3) is 0.214. The van der Waals surface area contributed by atoms with Gasteiger partial charge in [0, 0.05) is 18.1 Å². The van der Waals surface area contributed by atoms with E-state index in [1.54, 1.807) is 6.20 Å². The first kappa shape index (κ1) is 12.9. The van der Waals surface area contributed by atoms with Crippen LogP contribution in [-0.2, 0) is 6.54 Å². The highest BCUT2D eigenvalue weighted by Crippen LogP contribution is 2.22. The van der Waals surface area contributed by atoms with Crippen LogP contribution in [0.15, 0.2) is 41.0 Å². The number of hydrogen-bond acceptors (Lipinski definition) is 3. The third-order valence-electron chi connectivity index (χ3n) is 2.80. The van der Waals surface area contributed by atoms with Crippen LogP contribution in [0.2, 0.25) is 0 Å². The Kier molecular flexibility index (Phi) is 3.87. The van der Waals surface area contributed by atoms with Crippen molar-refractivity contribution >= 4 is 27.4 Å². The Morgan fingerprint density at radius 1 is 1.33 bits per heavy atom. The predicted octanol–water partition coefficient (Wildman–Crippen LogP) is 3.37. The molecule has 0 saturated carbocycles. The third-order valence-corrected chi connectivity index (χ3v) is 3.57. The summed E-state index contributed by atoms with van der Waals surface area (Å²) in [7, 11) is 2.03. The van der Waals surface area contributed by atoms with Gasteiger partial charge < -0.3 is 10.6 Å². The molecular formula is C14H16BrN3. The van der Waals surface area contributed by atoms with E-state index in [2.05, 4.69) is 31.9 Å². The molecule has 0 aliphatic rings. The van der Waals surface area contributed by atoms with Crippen molar-refractivity contribution in [2.24, 2.45) is 0 Å². The SMILES string of the molecule is Cc1cc(N)cnc1N(C)Cc1ccccc1Br. The first-order valence-corrected chi connectivity index (χ1v) is 6.54. The lowest BCUT2D eigenvalue weighted by atomic mass is 10.2. The van der Waals surface area contributed by atoms with Crippen LogP contribution < -0.4 is 10.6 Å². The molecule has 0 saturated heterocycles. The highest BCUT2D eigenvalue weighted by molar-refractivity contribution is 9.10. The molecule has 0 atom stereocenters. The van der Waals surface area contributed by atoms with E-state index in [-0.39, 0.29) is 0 Å². The fourth-order valence-corrected chi connectivity index (χ4v) is 2.36. The number of anilines is 2. The first-order chi connectivity index (χ1) is 8.58. The number of aryl methyl sites for hydroxylation is 1. The molecule has 1 aromatic carbocycles. The van der Waals surface area contributed by atoms with E-state index in [1.165, 1.54) is 5.56 Å². The normalized spacial score (nSPS) is 10.4. The van der Waals surface area contributed by atoms with Crippen molar-refractivity contribution in [2.45, 2.75) is 13.5 Å². The van der Waals surface area contributed by atoms with E-state index in [0.717, 1.165) is 22.4 Å². The third kappa shape index (κ3) is 2.82. The summed E-state index contributed by atoms with van der Waals surface area (Å²) in [5.41, 5.74) is 8.74. The van der Waals surface area contributed by atoms with Gasteiger partial charge in [0.25, 0.3) is 0 Å². The van der Waals surface area contributed by atoms with Crippen molar-refractivity contribution in [3.05, 3.63) is 52.1 Å². The van der Waals surface area contributed by atoms with Crippen molar-refractivity contribution in [3.63, 3.8) is 0 Å². The van der Waals surface area contributed by atoms with Crippen LogP contribution in [0.4, 0.5) is 11.5 Å². The molecule has 94 valence electrons. The standard InChI is InChI=1S/C14H16BrN3/c1-10-7-12(16)8-17-14(10)18(2)9-11-5-3-4-6-13(11)15/h3-8H,9,16H2,1-2H3. The molecule has 1 aromatic heterocycles. The maximum atomic E-state index is 5.72. The van der Waals surface area contributed by atoms with Crippen LogP contribution in [0.25, 0.3) is 0 Å². The molecule has 3 nitrogen and oxygen atoms in total. The van der Waals surface area contributed by atoms with E-state index in [9.17, 15) is 0 Å². The van der Waals surface area contributed by atoms with Gasteiger partial charge >= 0.3 is 0 Å². The summed E-state index contributed by atoms with van der Waals surface area (Å²) in [6.45, 7) is 2.83. The van der Waals surface area contributed by atoms with Crippen molar-refractivity contribution in [2.75, 3.05) is 17.7 Å². The second kappa shape index (κ2) is 5.40. The smallest absolute Gasteiger partial charge is 0.131 e. The van der Waals surface area contributed by atoms with Crippen molar-refractivity contribution in [1.82, 2.24) is 4.98 Å². The number of nitrogens with two attached hydrogens (primary N) is 1. The number of halogens is 1. The number of nitrogens with zero attached hydrogens (tertiary/aromatic N) is 2. The zero-order chi connectivity index (χ0) is 13.1. The minimum absolute atomic E-state index is 0.700. The minimum atomic E-state index is 0.700. The molecule has 0 aliphatic heterocycles. The molecule has 2 N–H and O–H groups in total. The number of benzene rings is 1. The highest BCUT2D eigenvalue weighted by atomic mass is 79.9. The van der Waals surface area contributed by atoms with E-state index in [1.807, 2.05) is 38.2 Å². The average Bonchev–Trinajstić information content (AvgIpc) is 2.32. The molecule has 18 heavy (non-hydrogen) atoms. The molecule has 2 aromatic rings. The second-order valence-electron chi connectivity index (χ2n) is 4.36. The number of nitrogen functional groups attached to an aromatic ring is 1. The van der Waals surface area contributed by atoms with E-state index < -0.39 is 0 Å². The number of aromatic nitrogens is 1. The molecule has 0 fully saturated rings. The van der Waals surface area contributed by atoms with E-state index >= 15 is 0 Å². The van der Waals surface area contributed by atoms with E-state index in [4.69, 9.17) is 5.73 Å². The summed E-state index contributed by atoms with van der Waals surface area (Å²) in [6.07, 6.45) is 1.69. The van der Waals surface area contributed by atoms with E-state index in [0.29, 0.717) is 5.69 Å². The van der Waals surface area contributed by atoms with Gasteiger partial charge in [-0.1, -0.05) is 34.1 Å². The maximum Gasteiger partial charge on any atom is 0.131 e. The summed E-state index contributed by atoms with van der Waals surface area (Å²) in [4.78, 5) is 6.51. The molecule has 4 heteroatoms. The van der Waals surface area contributed by atoms with Gasteiger partial charge in [-0.2, -0.15) is 0 Å². The summed E-state index contributed by atoms with van der Waals surface area (Å²) in [5.74, 6) is 0.958. The average molecular weight is 306 g/mol. The van der Waals surface area contributed by atoms with Crippen molar-refractivity contribution < 1.29 is 0 Å². The Balaban J connectivity index is 2.22. The van der Waals surface area contributed by atoms with Gasteiger partial charge in [-0.05, 0) is 30.2 Å². The zero-order valence-electron chi connectivity index (χ0n) is 10.5. The van der Waals surface area contributed by atoms with Crippen molar-refractivity contribution in [1.29, 1.82) is 0 Å². The minimum Gasteiger partial charge on any atom is -0.397 e. The Hall–Kier alpha value is -1.55. The zero-order valence-corrected chi connectivity index (χ0v) is 12.1. The predicted molar refractivity (Wildman–Crippen MR) is 79.6 cm³/mol. The van der Waals surface area contributed by atoms with Crippen LogP contribution in [0.1, 0.15) is 11.1 Å². The summed E-state index contributed by atoms with van der Waals surface area (Å²) in [6, 6.07) is 10.1. The van der Waals surface area contributed by atoms with Gasteiger partial charge in [-0.25, -0.2) is 4.98 Å². The lowest BCUT2D eigenvalue weighted by Gasteiger charge is -2.21. The Labute approximate surface area is 116 Å². The monoisotopic (exact) mass is 305 g/mol. The fourth-order valence-electron chi connectivity index (χ4n) is 1.95. The molecule has 0 bridgehead atoms. The van der Waals surface area contributed by atoms with Gasteiger partial charge in [0.15, 0.2) is 0 Å². The Morgan fingerprint density at radius 3 is 2.72 bits per heavy atom. The molecule has 0 spiro atoms. The quantitative estimate of drug-likeness (QED) is 0.945. The highest BCUT2D eigenvalue weighted by Gasteiger charge is 2.08. The number of rotatable bonds is 3. The Bertz CT molecular complexity index is 554. The van der Waals surface area contributed by atoms with Crippen LogP contribution in [0, 0.1) is 6.92 Å². The maximum absolute atomic E-state index is 5.72. The molecule has 1 heterocycles. The van der Waals surface area contributed by atoms with Crippen LogP contribution in [-0.4, -0.2) is 12.0 Å².